The maximum atomic E-state index is 3.78. The van der Waals surface area contributed by atoms with Crippen molar-refractivity contribution in [2.75, 3.05) is 6.54 Å². The van der Waals surface area contributed by atoms with E-state index in [0.717, 1.165) is 11.8 Å². The number of unbranched alkanes of at least 4 members (excludes halogenated alkanes) is 1. The molecule has 1 N–H and O–H groups in total. The number of hydrogen-bond acceptors (Lipinski definition) is 1. The van der Waals surface area contributed by atoms with Gasteiger partial charge in [0.05, 0.1) is 0 Å². The van der Waals surface area contributed by atoms with Crippen molar-refractivity contribution in [3.8, 4) is 0 Å². The van der Waals surface area contributed by atoms with Gasteiger partial charge in [-0.2, -0.15) is 0 Å². The van der Waals surface area contributed by atoms with Gasteiger partial charge in [-0.1, -0.05) is 33.1 Å². The van der Waals surface area contributed by atoms with Crippen molar-refractivity contribution < 1.29 is 0 Å². The molecule has 0 bridgehead atoms. The van der Waals surface area contributed by atoms with Crippen LogP contribution in [0.25, 0.3) is 0 Å². The lowest BCUT2D eigenvalue weighted by Gasteiger charge is -2.29. The van der Waals surface area contributed by atoms with Crippen LogP contribution in [0.1, 0.15) is 66.2 Å². The summed E-state index contributed by atoms with van der Waals surface area (Å²) in [5.41, 5.74) is 0.389. The average molecular weight is 211 g/mol. The van der Waals surface area contributed by atoms with Crippen molar-refractivity contribution in [1.82, 2.24) is 5.32 Å². The summed E-state index contributed by atoms with van der Waals surface area (Å²) in [4.78, 5) is 0. The predicted molar refractivity (Wildman–Crippen MR) is 68.1 cm³/mol. The Morgan fingerprint density at radius 2 is 1.93 bits per heavy atom. The summed E-state index contributed by atoms with van der Waals surface area (Å²) in [5, 5.41) is 3.78. The van der Waals surface area contributed by atoms with E-state index in [9.17, 15) is 0 Å². The Balaban J connectivity index is 2.20. The van der Waals surface area contributed by atoms with E-state index in [1.807, 2.05) is 0 Å². The van der Waals surface area contributed by atoms with Crippen LogP contribution in [0.15, 0.2) is 0 Å². The van der Waals surface area contributed by atoms with Crippen LogP contribution in [0.2, 0.25) is 0 Å². The fraction of sp³-hybridized carbons (Fsp3) is 1.00. The lowest BCUT2D eigenvalue weighted by Crippen LogP contribution is -2.43. The summed E-state index contributed by atoms with van der Waals surface area (Å²) in [5.74, 6) is 1.84. The predicted octanol–water partition coefficient (Wildman–Crippen LogP) is 3.98. The van der Waals surface area contributed by atoms with Crippen molar-refractivity contribution in [2.24, 2.45) is 11.8 Å². The smallest absolute Gasteiger partial charge is 0.0153 e. The van der Waals surface area contributed by atoms with Crippen molar-refractivity contribution in [3.63, 3.8) is 0 Å². The highest BCUT2D eigenvalue weighted by Crippen LogP contribution is 2.39. The molecule has 1 rings (SSSR count). The van der Waals surface area contributed by atoms with Crippen LogP contribution in [-0.4, -0.2) is 12.1 Å². The van der Waals surface area contributed by atoms with Gasteiger partial charge >= 0.3 is 0 Å². The quantitative estimate of drug-likeness (QED) is 0.640. The third-order valence-electron chi connectivity index (χ3n) is 3.99. The van der Waals surface area contributed by atoms with Crippen molar-refractivity contribution >= 4 is 0 Å². The molecule has 90 valence electrons. The molecular weight excluding hydrogens is 182 g/mol. The Bertz CT molecular complexity index is 170. The Labute approximate surface area is 96.0 Å². The molecule has 0 spiro atoms. The van der Waals surface area contributed by atoms with Crippen molar-refractivity contribution in [1.29, 1.82) is 0 Å². The Morgan fingerprint density at radius 3 is 2.40 bits per heavy atom. The Kier molecular flexibility index (Phi) is 5.11. The first-order chi connectivity index (χ1) is 7.10. The van der Waals surface area contributed by atoms with Crippen LogP contribution in [0, 0.1) is 11.8 Å². The van der Waals surface area contributed by atoms with Crippen molar-refractivity contribution in [2.45, 2.75) is 71.8 Å². The van der Waals surface area contributed by atoms with Crippen LogP contribution in [0.4, 0.5) is 0 Å². The normalized spacial score (nSPS) is 19.2. The molecule has 0 saturated heterocycles. The Morgan fingerprint density at radius 1 is 1.27 bits per heavy atom. The molecule has 0 amide bonds. The van der Waals surface area contributed by atoms with Crippen LogP contribution >= 0.6 is 0 Å². The van der Waals surface area contributed by atoms with Gasteiger partial charge in [0.25, 0.3) is 0 Å². The first-order valence-corrected chi connectivity index (χ1v) is 6.85. The summed E-state index contributed by atoms with van der Waals surface area (Å²) in [7, 11) is 0. The molecular formula is C14H29N. The maximum absolute atomic E-state index is 3.78. The zero-order valence-electron chi connectivity index (χ0n) is 11.1. The highest BCUT2D eigenvalue weighted by atomic mass is 15.0. The van der Waals surface area contributed by atoms with Crippen LogP contribution in [-0.2, 0) is 0 Å². The molecule has 1 fully saturated rings. The summed E-state index contributed by atoms with van der Waals surface area (Å²) in [6.45, 7) is 10.6. The van der Waals surface area contributed by atoms with E-state index >= 15 is 0 Å². The Hall–Kier alpha value is -0.0400. The fourth-order valence-corrected chi connectivity index (χ4v) is 2.30. The summed E-state index contributed by atoms with van der Waals surface area (Å²) < 4.78 is 0. The van der Waals surface area contributed by atoms with Crippen LogP contribution in [0.3, 0.4) is 0 Å². The van der Waals surface area contributed by atoms with Crippen LogP contribution < -0.4 is 5.32 Å². The SMILES string of the molecule is CCCCC(CC)CNC(C)(C)C1CC1. The van der Waals surface area contributed by atoms with Gasteiger partial charge in [0.15, 0.2) is 0 Å². The van der Waals surface area contributed by atoms with E-state index in [-0.39, 0.29) is 0 Å². The zero-order chi connectivity index (χ0) is 11.3. The van der Waals surface area contributed by atoms with Gasteiger partial charge in [-0.25, -0.2) is 0 Å². The summed E-state index contributed by atoms with van der Waals surface area (Å²) in [6, 6.07) is 0. The zero-order valence-corrected chi connectivity index (χ0v) is 11.1. The molecule has 0 aliphatic heterocycles. The molecule has 15 heavy (non-hydrogen) atoms. The summed E-state index contributed by atoms with van der Waals surface area (Å²) in [6.07, 6.45) is 8.33. The largest absolute Gasteiger partial charge is 0.311 e. The second-order valence-corrected chi connectivity index (χ2v) is 5.79. The molecule has 1 heteroatoms. The molecule has 1 aliphatic carbocycles. The van der Waals surface area contributed by atoms with Crippen LogP contribution in [0.5, 0.6) is 0 Å². The van der Waals surface area contributed by atoms with Crippen molar-refractivity contribution in [3.05, 3.63) is 0 Å². The number of nitrogens with one attached hydrogen (secondary N) is 1. The van der Waals surface area contributed by atoms with E-state index in [2.05, 4.69) is 33.0 Å². The molecule has 0 heterocycles. The van der Waals surface area contributed by atoms with E-state index < -0.39 is 0 Å². The van der Waals surface area contributed by atoms with Gasteiger partial charge in [-0.3, -0.25) is 0 Å². The van der Waals surface area contributed by atoms with E-state index in [0.29, 0.717) is 5.54 Å². The number of rotatable bonds is 8. The molecule has 1 unspecified atom stereocenters. The van der Waals surface area contributed by atoms with Gasteiger partial charge < -0.3 is 5.32 Å². The molecule has 0 radical (unpaired) electrons. The van der Waals surface area contributed by atoms with Gasteiger partial charge in [0.1, 0.15) is 0 Å². The fourth-order valence-electron chi connectivity index (χ4n) is 2.30. The third kappa shape index (κ3) is 4.55. The van der Waals surface area contributed by atoms with Gasteiger partial charge in [0, 0.05) is 5.54 Å². The first kappa shape index (κ1) is 13.0. The van der Waals surface area contributed by atoms with E-state index in [4.69, 9.17) is 0 Å². The topological polar surface area (TPSA) is 12.0 Å². The lowest BCUT2D eigenvalue weighted by molar-refractivity contribution is 0.299. The molecule has 0 aromatic rings. The first-order valence-electron chi connectivity index (χ1n) is 6.85. The van der Waals surface area contributed by atoms with Gasteiger partial charge in [0.2, 0.25) is 0 Å². The molecule has 1 saturated carbocycles. The second-order valence-electron chi connectivity index (χ2n) is 5.79. The van der Waals surface area contributed by atoms with E-state index in [1.165, 1.54) is 45.1 Å². The standard InChI is InChI=1S/C14H29N/c1-5-7-8-12(6-2)11-15-14(3,4)13-9-10-13/h12-13,15H,5-11H2,1-4H3. The molecule has 1 nitrogen and oxygen atoms in total. The summed E-state index contributed by atoms with van der Waals surface area (Å²) >= 11 is 0. The number of hydrogen-bond donors (Lipinski definition) is 1. The van der Waals surface area contributed by atoms with Gasteiger partial charge in [-0.15, -0.1) is 0 Å². The minimum absolute atomic E-state index is 0.389. The molecule has 1 aliphatic rings. The minimum atomic E-state index is 0.389. The van der Waals surface area contributed by atoms with E-state index in [1.54, 1.807) is 0 Å². The second kappa shape index (κ2) is 5.89. The molecule has 1 atom stereocenters. The highest BCUT2D eigenvalue weighted by Gasteiger charge is 2.37. The minimum Gasteiger partial charge on any atom is -0.311 e. The monoisotopic (exact) mass is 211 g/mol. The average Bonchev–Trinajstić information content (AvgIpc) is 3.01. The maximum Gasteiger partial charge on any atom is 0.0153 e. The lowest BCUT2D eigenvalue weighted by atomic mass is 9.94. The molecule has 0 aromatic heterocycles. The van der Waals surface area contributed by atoms with Gasteiger partial charge in [-0.05, 0) is 51.5 Å². The highest BCUT2D eigenvalue weighted by molar-refractivity contribution is 4.94. The third-order valence-corrected chi connectivity index (χ3v) is 3.99. The molecule has 0 aromatic carbocycles.